The van der Waals surface area contributed by atoms with Gasteiger partial charge in [0.25, 0.3) is 0 Å². The summed E-state index contributed by atoms with van der Waals surface area (Å²) in [6, 6.07) is 1.76. The molecule has 2 heterocycles. The topological polar surface area (TPSA) is 57.0 Å². The van der Waals surface area contributed by atoms with Crippen LogP contribution in [0.25, 0.3) is 11.0 Å². The van der Waals surface area contributed by atoms with E-state index in [2.05, 4.69) is 15.0 Å². The molecule has 0 bridgehead atoms. The van der Waals surface area contributed by atoms with E-state index in [1.54, 1.807) is 12.3 Å². The Hall–Kier alpha value is -0.606. The van der Waals surface area contributed by atoms with E-state index in [-0.39, 0.29) is 38.5 Å². The van der Waals surface area contributed by atoms with Gasteiger partial charge in [-0.15, -0.1) is 0 Å². The molecule has 0 aliphatic heterocycles. The summed E-state index contributed by atoms with van der Waals surface area (Å²) in [7, 11) is 0. The van der Waals surface area contributed by atoms with Crippen LogP contribution in [0.1, 0.15) is 23.8 Å². The molecule has 0 aliphatic rings. The summed E-state index contributed by atoms with van der Waals surface area (Å²) in [5.41, 5.74) is 1.07. The van der Waals surface area contributed by atoms with Crippen molar-refractivity contribution in [1.82, 2.24) is 15.0 Å². The van der Waals surface area contributed by atoms with Crippen molar-refractivity contribution >= 4 is 16.8 Å². The average molecular weight is 263 g/mol. The second-order valence-corrected chi connectivity index (χ2v) is 2.68. The van der Waals surface area contributed by atoms with Crippen molar-refractivity contribution in [3.8, 4) is 0 Å². The fourth-order valence-corrected chi connectivity index (χ4v) is 1.21. The predicted octanol–water partition coefficient (Wildman–Crippen LogP) is 1.18. The predicted molar refractivity (Wildman–Crippen MR) is 47.5 cm³/mol. The van der Waals surface area contributed by atoms with E-state index in [0.717, 1.165) is 5.39 Å². The van der Waals surface area contributed by atoms with Gasteiger partial charge < -0.3 is 9.97 Å². The number of rotatable bonds is 2. The van der Waals surface area contributed by atoms with Gasteiger partial charge in [0.05, 0.1) is 0 Å². The third-order valence-corrected chi connectivity index (χ3v) is 1.89. The Balaban J connectivity index is 0.000000980. The third kappa shape index (κ3) is 1.91. The van der Waals surface area contributed by atoms with E-state index in [0.29, 0.717) is 17.8 Å². The first kappa shape index (κ1) is 11.5. The van der Waals surface area contributed by atoms with Crippen molar-refractivity contribution in [3.05, 3.63) is 24.3 Å². The Morgan fingerprint density at radius 2 is 2.29 bits per heavy atom. The van der Waals surface area contributed by atoms with Crippen LogP contribution in [0.15, 0.2) is 18.6 Å². The molecule has 1 radical (unpaired) electrons. The summed E-state index contributed by atoms with van der Waals surface area (Å²) < 4.78 is 0. The molecule has 14 heavy (non-hydrogen) atoms. The molecule has 69 valence electrons. The summed E-state index contributed by atoms with van der Waals surface area (Å²) in [4.78, 5) is 23.3. The van der Waals surface area contributed by atoms with Gasteiger partial charge in [-0.25, -0.2) is 0 Å². The Morgan fingerprint density at radius 1 is 1.50 bits per heavy atom. The molecular weight excluding hydrogens is 255 g/mol. The van der Waals surface area contributed by atoms with E-state index in [9.17, 15) is 4.79 Å². The molecule has 0 saturated carbocycles. The molecule has 2 aromatic rings. The Bertz CT molecular complexity index is 452. The number of hydrogen-bond acceptors (Lipinski definition) is 3. The van der Waals surface area contributed by atoms with Crippen molar-refractivity contribution in [2.75, 3.05) is 0 Å². The summed E-state index contributed by atoms with van der Waals surface area (Å²) >= 11 is 0. The van der Waals surface area contributed by atoms with Crippen molar-refractivity contribution in [3.63, 3.8) is 0 Å². The zero-order chi connectivity index (χ0) is 9.26. The van der Waals surface area contributed by atoms with Gasteiger partial charge in [-0.1, -0.05) is 19.2 Å². The molecule has 0 fully saturated rings. The summed E-state index contributed by atoms with van der Waals surface area (Å²) in [5, 5.41) is 0.745. The van der Waals surface area contributed by atoms with Crippen LogP contribution in [-0.2, 0) is 32.7 Å². The Kier molecular flexibility index (Phi) is 3.90. The Labute approximate surface area is 106 Å². The molecule has 0 atom stereocenters. The first-order valence-corrected chi connectivity index (χ1v) is 4.08. The number of Topliss-reactive ketones (excluding diaryl/α,β-unsaturated/α-hetero) is 1. The van der Waals surface area contributed by atoms with Crippen molar-refractivity contribution in [2.24, 2.45) is 0 Å². The van der Waals surface area contributed by atoms with E-state index < -0.39 is 0 Å². The van der Waals surface area contributed by atoms with E-state index in [1.807, 2.05) is 6.92 Å². The SMILES string of the molecule is CCC(=O)c1ncnc2[n-]ccc12.[Y]. The van der Waals surface area contributed by atoms with Gasteiger partial charge >= 0.3 is 0 Å². The van der Waals surface area contributed by atoms with E-state index in [4.69, 9.17) is 0 Å². The monoisotopic (exact) mass is 263 g/mol. The molecule has 2 aromatic heterocycles. The van der Waals surface area contributed by atoms with Crippen LogP contribution in [0.4, 0.5) is 0 Å². The van der Waals surface area contributed by atoms with Gasteiger partial charge in [0.1, 0.15) is 5.69 Å². The van der Waals surface area contributed by atoms with E-state index >= 15 is 0 Å². The number of carbonyl (C=O) groups is 1. The molecule has 0 aliphatic carbocycles. The number of aromatic nitrogens is 3. The Morgan fingerprint density at radius 3 is 3.00 bits per heavy atom. The molecule has 0 amide bonds. The molecule has 2 rings (SSSR count). The standard InChI is InChI=1S/C9H9N3O.Y/c1-2-7(13)8-6-3-4-10-9(6)12-5-11-8;/h3-5H,2H2,1H3,(H,10,11,12,13);/p-1. The van der Waals surface area contributed by atoms with Gasteiger partial charge in [-0.05, 0) is 5.65 Å². The smallest absolute Gasteiger partial charge is 0.181 e. The third-order valence-electron chi connectivity index (χ3n) is 1.89. The molecular formula is C9H8N3OY-. The summed E-state index contributed by atoms with van der Waals surface area (Å²) in [5.74, 6) is 0.0281. The van der Waals surface area contributed by atoms with Crippen LogP contribution in [0.3, 0.4) is 0 Å². The molecule has 0 aromatic carbocycles. The summed E-state index contributed by atoms with van der Waals surface area (Å²) in [6.45, 7) is 1.81. The van der Waals surface area contributed by atoms with Crippen LogP contribution in [0.2, 0.25) is 0 Å². The number of nitrogens with zero attached hydrogens (tertiary/aromatic N) is 3. The second-order valence-electron chi connectivity index (χ2n) is 2.68. The normalized spacial score (nSPS) is 9.79. The van der Waals surface area contributed by atoms with Crippen molar-refractivity contribution in [1.29, 1.82) is 0 Å². The molecule has 0 spiro atoms. The zero-order valence-corrected chi connectivity index (χ0v) is 10.6. The first-order valence-electron chi connectivity index (χ1n) is 4.08. The maximum absolute atomic E-state index is 11.4. The number of ketones is 1. The zero-order valence-electron chi connectivity index (χ0n) is 7.77. The second kappa shape index (κ2) is 4.76. The van der Waals surface area contributed by atoms with Gasteiger partial charge in [0.2, 0.25) is 0 Å². The van der Waals surface area contributed by atoms with Crippen molar-refractivity contribution in [2.45, 2.75) is 13.3 Å². The van der Waals surface area contributed by atoms with Crippen LogP contribution in [0.5, 0.6) is 0 Å². The quantitative estimate of drug-likeness (QED) is 0.763. The van der Waals surface area contributed by atoms with Gasteiger partial charge in [-0.3, -0.25) is 9.78 Å². The minimum atomic E-state index is 0. The largest absolute Gasteiger partial charge is 0.442 e. The summed E-state index contributed by atoms with van der Waals surface area (Å²) in [6.07, 6.45) is 3.46. The van der Waals surface area contributed by atoms with Crippen LogP contribution < -0.4 is 4.98 Å². The van der Waals surface area contributed by atoms with Gasteiger partial charge in [-0.2, -0.15) is 0 Å². The van der Waals surface area contributed by atoms with Crippen LogP contribution in [0, 0.1) is 0 Å². The molecule has 0 saturated heterocycles. The van der Waals surface area contributed by atoms with Gasteiger partial charge in [0.15, 0.2) is 5.78 Å². The number of carbonyl (C=O) groups excluding carboxylic acids is 1. The molecule has 0 N–H and O–H groups in total. The van der Waals surface area contributed by atoms with Crippen LogP contribution >= 0.6 is 0 Å². The minimum Gasteiger partial charge on any atom is -0.442 e. The molecule has 5 heteroatoms. The fraction of sp³-hybridized carbons (Fsp3) is 0.222. The maximum atomic E-state index is 11.4. The molecule has 4 nitrogen and oxygen atoms in total. The maximum Gasteiger partial charge on any atom is 0.181 e. The minimum absolute atomic E-state index is 0. The first-order chi connectivity index (χ1) is 6.33. The average Bonchev–Trinajstić information content (AvgIpc) is 2.63. The number of hydrogen-bond donors (Lipinski definition) is 0. The van der Waals surface area contributed by atoms with E-state index in [1.165, 1.54) is 6.33 Å². The van der Waals surface area contributed by atoms with Gasteiger partial charge in [0, 0.05) is 50.8 Å². The van der Waals surface area contributed by atoms with Crippen LogP contribution in [-0.4, -0.2) is 15.8 Å². The van der Waals surface area contributed by atoms with Crippen molar-refractivity contribution < 1.29 is 37.5 Å². The molecule has 0 unspecified atom stereocenters. The fourth-order valence-electron chi connectivity index (χ4n) is 1.21. The number of fused-ring (bicyclic) bond motifs is 1.